The first-order valence-electron chi connectivity index (χ1n) is 9.35. The zero-order valence-corrected chi connectivity index (χ0v) is 17.1. The summed E-state index contributed by atoms with van der Waals surface area (Å²) in [7, 11) is 1.30. The summed E-state index contributed by atoms with van der Waals surface area (Å²) >= 11 is 0. The van der Waals surface area contributed by atoms with Crippen molar-refractivity contribution in [1.29, 1.82) is 0 Å². The lowest BCUT2D eigenvalue weighted by Gasteiger charge is -2.13. The minimum absolute atomic E-state index is 0.0374. The molecule has 0 radical (unpaired) electrons. The van der Waals surface area contributed by atoms with Crippen molar-refractivity contribution in [3.63, 3.8) is 0 Å². The monoisotopic (exact) mass is 463 g/mol. The van der Waals surface area contributed by atoms with Gasteiger partial charge in [-0.25, -0.2) is 9.37 Å². The van der Waals surface area contributed by atoms with E-state index in [2.05, 4.69) is 15.5 Å². The largest absolute Gasteiger partial charge is 0.496 e. The molecule has 7 nitrogen and oxygen atoms in total. The van der Waals surface area contributed by atoms with Crippen molar-refractivity contribution in [3.05, 3.63) is 83.3 Å². The standard InChI is InChI=1S/C22H17F4N3O4/c1-31-18-8-9-27-21(33-17-7-3-5-15(11-17)22(24,25)26)19(18)20(30)28-13-29-32-12-14-4-2-6-16(23)10-14/h2-11,13H,12H2,1H3,(H,28,29,30). The van der Waals surface area contributed by atoms with Crippen LogP contribution in [0.2, 0.25) is 0 Å². The number of amides is 1. The number of rotatable bonds is 8. The molecular weight excluding hydrogens is 446 g/mol. The van der Waals surface area contributed by atoms with Crippen molar-refractivity contribution < 1.29 is 36.7 Å². The number of carbonyl (C=O) groups excluding carboxylic acids is 1. The van der Waals surface area contributed by atoms with Crippen LogP contribution in [0.1, 0.15) is 21.5 Å². The summed E-state index contributed by atoms with van der Waals surface area (Å²) in [6, 6.07) is 11.2. The molecule has 11 heteroatoms. The molecule has 172 valence electrons. The van der Waals surface area contributed by atoms with E-state index in [9.17, 15) is 22.4 Å². The number of benzene rings is 2. The van der Waals surface area contributed by atoms with Gasteiger partial charge in [-0.15, -0.1) is 0 Å². The van der Waals surface area contributed by atoms with Crippen LogP contribution in [0.4, 0.5) is 17.6 Å². The van der Waals surface area contributed by atoms with Crippen molar-refractivity contribution in [2.24, 2.45) is 5.16 Å². The first kappa shape index (κ1) is 23.5. The fourth-order valence-electron chi connectivity index (χ4n) is 2.66. The van der Waals surface area contributed by atoms with Gasteiger partial charge in [0.15, 0.2) is 0 Å². The molecular formula is C22H17F4N3O4. The molecule has 0 saturated heterocycles. The average Bonchev–Trinajstić information content (AvgIpc) is 2.78. The fraction of sp³-hybridized carbons (Fsp3) is 0.136. The number of oxime groups is 1. The van der Waals surface area contributed by atoms with E-state index in [1.807, 2.05) is 0 Å². The van der Waals surface area contributed by atoms with Crippen molar-refractivity contribution in [2.45, 2.75) is 12.8 Å². The minimum Gasteiger partial charge on any atom is -0.496 e. The first-order valence-corrected chi connectivity index (χ1v) is 9.35. The highest BCUT2D eigenvalue weighted by Crippen LogP contribution is 2.34. The summed E-state index contributed by atoms with van der Waals surface area (Å²) < 4.78 is 62.6. The number of alkyl halides is 3. The second-order valence-corrected chi connectivity index (χ2v) is 6.43. The quantitative estimate of drug-likeness (QED) is 0.222. The predicted molar refractivity (Wildman–Crippen MR) is 109 cm³/mol. The molecule has 3 rings (SSSR count). The van der Waals surface area contributed by atoms with E-state index in [0.717, 1.165) is 18.5 Å². The Kier molecular flexibility index (Phi) is 7.44. The summed E-state index contributed by atoms with van der Waals surface area (Å²) in [6.45, 7) is -0.0374. The van der Waals surface area contributed by atoms with Gasteiger partial charge in [-0.2, -0.15) is 13.2 Å². The third kappa shape index (κ3) is 6.42. The number of pyridine rings is 1. The van der Waals surface area contributed by atoms with Gasteiger partial charge in [0.25, 0.3) is 5.91 Å². The Hall–Kier alpha value is -4.15. The van der Waals surface area contributed by atoms with Gasteiger partial charge in [0.05, 0.1) is 12.7 Å². The van der Waals surface area contributed by atoms with Crippen LogP contribution in [0.3, 0.4) is 0 Å². The van der Waals surface area contributed by atoms with E-state index >= 15 is 0 Å². The van der Waals surface area contributed by atoms with Gasteiger partial charge in [-0.3, -0.25) is 4.79 Å². The lowest BCUT2D eigenvalue weighted by Crippen LogP contribution is -2.23. The van der Waals surface area contributed by atoms with Gasteiger partial charge >= 0.3 is 6.18 Å². The lowest BCUT2D eigenvalue weighted by atomic mass is 10.2. The maximum absolute atomic E-state index is 13.1. The van der Waals surface area contributed by atoms with Crippen LogP contribution < -0.4 is 14.8 Å². The molecule has 0 fully saturated rings. The summed E-state index contributed by atoms with van der Waals surface area (Å²) in [6.07, 6.45) is -2.35. The minimum atomic E-state index is -4.57. The fourth-order valence-corrected chi connectivity index (χ4v) is 2.66. The molecule has 0 aliphatic carbocycles. The Morgan fingerprint density at radius 1 is 1.15 bits per heavy atom. The highest BCUT2D eigenvalue weighted by Gasteiger charge is 2.31. The van der Waals surface area contributed by atoms with Crippen LogP contribution in [-0.4, -0.2) is 24.3 Å². The first-order chi connectivity index (χ1) is 15.8. The van der Waals surface area contributed by atoms with Crippen LogP contribution in [0.25, 0.3) is 0 Å². The summed E-state index contributed by atoms with van der Waals surface area (Å²) in [5, 5.41) is 5.89. The number of carbonyl (C=O) groups is 1. The number of hydrogen-bond acceptors (Lipinski definition) is 6. The molecule has 1 amide bonds. The zero-order chi connectivity index (χ0) is 23.8. The third-order valence-electron chi connectivity index (χ3n) is 4.14. The number of halogens is 4. The molecule has 0 bridgehead atoms. The van der Waals surface area contributed by atoms with E-state index in [-0.39, 0.29) is 29.5 Å². The number of nitrogens with zero attached hydrogens (tertiary/aromatic N) is 2. The number of hydrogen-bond donors (Lipinski definition) is 1. The maximum Gasteiger partial charge on any atom is 0.416 e. The highest BCUT2D eigenvalue weighted by molar-refractivity contribution is 6.04. The molecule has 0 aliphatic rings. The molecule has 33 heavy (non-hydrogen) atoms. The number of ether oxygens (including phenoxy) is 2. The summed E-state index contributed by atoms with van der Waals surface area (Å²) in [4.78, 5) is 21.6. The molecule has 0 aliphatic heterocycles. The van der Waals surface area contributed by atoms with Crippen molar-refractivity contribution in [2.75, 3.05) is 7.11 Å². The molecule has 2 aromatic carbocycles. The number of methoxy groups -OCH3 is 1. The second kappa shape index (κ2) is 10.4. The van der Waals surface area contributed by atoms with Crippen molar-refractivity contribution >= 4 is 12.2 Å². The molecule has 0 unspecified atom stereocenters. The molecule has 1 aromatic heterocycles. The molecule has 0 saturated carbocycles. The van der Waals surface area contributed by atoms with E-state index < -0.39 is 23.5 Å². The normalized spacial score (nSPS) is 11.3. The predicted octanol–water partition coefficient (Wildman–Crippen LogP) is 4.93. The van der Waals surface area contributed by atoms with Gasteiger partial charge in [-0.05, 0) is 42.0 Å². The summed E-state index contributed by atoms with van der Waals surface area (Å²) in [5.74, 6) is -1.57. The van der Waals surface area contributed by atoms with Crippen LogP contribution in [-0.2, 0) is 17.6 Å². The van der Waals surface area contributed by atoms with Crippen LogP contribution >= 0.6 is 0 Å². The Morgan fingerprint density at radius 3 is 2.67 bits per heavy atom. The van der Waals surface area contributed by atoms with Gasteiger partial charge in [-0.1, -0.05) is 23.4 Å². The van der Waals surface area contributed by atoms with Gasteiger partial charge < -0.3 is 19.6 Å². The molecule has 1 N–H and O–H groups in total. The van der Waals surface area contributed by atoms with Gasteiger partial charge in [0.2, 0.25) is 5.88 Å². The van der Waals surface area contributed by atoms with Crippen LogP contribution in [0, 0.1) is 5.82 Å². The SMILES string of the molecule is COc1ccnc(Oc2cccc(C(F)(F)F)c2)c1C(=O)N/C=N\OCc1cccc(F)c1. The van der Waals surface area contributed by atoms with Crippen LogP contribution in [0.5, 0.6) is 17.4 Å². The number of nitrogens with one attached hydrogen (secondary N) is 1. The Balaban J connectivity index is 1.72. The smallest absolute Gasteiger partial charge is 0.416 e. The number of aromatic nitrogens is 1. The van der Waals surface area contributed by atoms with Crippen LogP contribution in [0.15, 0.2) is 65.9 Å². The molecule has 3 aromatic rings. The Bertz CT molecular complexity index is 1150. The average molecular weight is 463 g/mol. The molecule has 1 heterocycles. The van der Waals surface area contributed by atoms with E-state index in [0.29, 0.717) is 5.56 Å². The topological polar surface area (TPSA) is 82.0 Å². The van der Waals surface area contributed by atoms with Gasteiger partial charge in [0, 0.05) is 6.20 Å². The van der Waals surface area contributed by atoms with E-state index in [1.165, 1.54) is 49.7 Å². The Labute approximate surface area is 185 Å². The summed E-state index contributed by atoms with van der Waals surface area (Å²) in [5.41, 5.74) is -0.561. The van der Waals surface area contributed by atoms with Gasteiger partial charge in [0.1, 0.15) is 35.8 Å². The van der Waals surface area contributed by atoms with Crippen molar-refractivity contribution in [1.82, 2.24) is 10.3 Å². The second-order valence-electron chi connectivity index (χ2n) is 6.43. The van der Waals surface area contributed by atoms with E-state index in [1.54, 1.807) is 6.07 Å². The Morgan fingerprint density at radius 2 is 1.94 bits per heavy atom. The lowest BCUT2D eigenvalue weighted by molar-refractivity contribution is -0.137. The highest BCUT2D eigenvalue weighted by atomic mass is 19.4. The molecule has 0 spiro atoms. The van der Waals surface area contributed by atoms with Crippen molar-refractivity contribution in [3.8, 4) is 17.4 Å². The molecule has 0 atom stereocenters. The third-order valence-corrected chi connectivity index (χ3v) is 4.14. The zero-order valence-electron chi connectivity index (χ0n) is 17.1. The maximum atomic E-state index is 13.1. The van der Waals surface area contributed by atoms with E-state index in [4.69, 9.17) is 14.3 Å².